The van der Waals surface area contributed by atoms with Crippen LogP contribution in [0.4, 0.5) is 0 Å². The zero-order chi connectivity index (χ0) is 16.1. The maximum atomic E-state index is 5.88. The topological polar surface area (TPSA) is 54.9 Å². The van der Waals surface area contributed by atoms with Crippen LogP contribution in [0.15, 0.2) is 4.99 Å². The van der Waals surface area contributed by atoms with E-state index in [1.807, 2.05) is 7.05 Å². The second-order valence-electron chi connectivity index (χ2n) is 7.49. The summed E-state index contributed by atoms with van der Waals surface area (Å²) in [6, 6.07) is 0.884. The lowest BCUT2D eigenvalue weighted by atomic mass is 9.85. The Hall–Kier alpha value is -0.0800. The number of hydrogen-bond donors (Lipinski definition) is 2. The molecule has 24 heavy (non-hydrogen) atoms. The van der Waals surface area contributed by atoms with E-state index in [9.17, 15) is 0 Å². The molecule has 5 nitrogen and oxygen atoms in total. The van der Waals surface area contributed by atoms with Crippen molar-refractivity contribution in [3.05, 3.63) is 0 Å². The number of guanidine groups is 1. The third kappa shape index (κ3) is 6.02. The van der Waals surface area contributed by atoms with Crippen molar-refractivity contribution in [3.8, 4) is 0 Å². The molecule has 4 unspecified atom stereocenters. The molecule has 0 spiro atoms. The van der Waals surface area contributed by atoms with Crippen LogP contribution in [0.25, 0.3) is 0 Å². The standard InChI is InChI=1S/C18H33N3O2.HI/c1-13(11-23-15-8-9-22-12-15)20-18(19-2)21-17-10-16(17)14-6-4-3-5-7-14;/h13-17H,3-12H2,1-2H3,(H2,19,20,21);1H. The van der Waals surface area contributed by atoms with Crippen molar-refractivity contribution in [1.29, 1.82) is 0 Å². The van der Waals surface area contributed by atoms with Crippen molar-refractivity contribution in [3.63, 3.8) is 0 Å². The third-order valence-electron chi connectivity index (χ3n) is 5.49. The molecule has 2 saturated carbocycles. The zero-order valence-electron chi connectivity index (χ0n) is 15.1. The first-order valence-electron chi connectivity index (χ1n) is 9.45. The Labute approximate surface area is 163 Å². The number of nitrogens with one attached hydrogen (secondary N) is 2. The van der Waals surface area contributed by atoms with E-state index in [1.54, 1.807) is 0 Å². The SMILES string of the molecule is CN=C(NC(C)COC1CCOC1)NC1CC1C1CCCCC1.I. The highest BCUT2D eigenvalue weighted by atomic mass is 127. The number of ether oxygens (including phenoxy) is 2. The molecule has 3 rings (SSSR count). The van der Waals surface area contributed by atoms with Gasteiger partial charge < -0.3 is 20.1 Å². The van der Waals surface area contributed by atoms with Crippen molar-refractivity contribution in [2.45, 2.75) is 70.1 Å². The summed E-state index contributed by atoms with van der Waals surface area (Å²) in [6.07, 6.45) is 9.77. The molecule has 6 heteroatoms. The maximum Gasteiger partial charge on any atom is 0.191 e. The molecule has 2 N–H and O–H groups in total. The zero-order valence-corrected chi connectivity index (χ0v) is 17.5. The lowest BCUT2D eigenvalue weighted by molar-refractivity contribution is 0.0347. The molecule has 0 aromatic heterocycles. The Morgan fingerprint density at radius 2 is 2.04 bits per heavy atom. The summed E-state index contributed by atoms with van der Waals surface area (Å²) in [5.74, 6) is 2.74. The summed E-state index contributed by atoms with van der Waals surface area (Å²) in [5.41, 5.74) is 0. The summed E-state index contributed by atoms with van der Waals surface area (Å²) < 4.78 is 11.2. The van der Waals surface area contributed by atoms with Crippen molar-refractivity contribution >= 4 is 29.9 Å². The Bertz CT molecular complexity index is 396. The van der Waals surface area contributed by atoms with Gasteiger partial charge in [0.1, 0.15) is 0 Å². The average Bonchev–Trinajstić information content (AvgIpc) is 3.14. The molecule has 0 aromatic carbocycles. The minimum atomic E-state index is 0. The van der Waals surface area contributed by atoms with Gasteiger partial charge in [-0.3, -0.25) is 4.99 Å². The summed E-state index contributed by atoms with van der Waals surface area (Å²) in [4.78, 5) is 4.38. The van der Waals surface area contributed by atoms with E-state index in [4.69, 9.17) is 9.47 Å². The lowest BCUT2D eigenvalue weighted by Gasteiger charge is -2.23. The Morgan fingerprint density at radius 3 is 2.71 bits per heavy atom. The molecular weight excluding hydrogens is 417 g/mol. The quantitative estimate of drug-likeness (QED) is 0.371. The minimum absolute atomic E-state index is 0. The molecule has 0 bridgehead atoms. The second kappa shape index (κ2) is 10.2. The molecule has 0 amide bonds. The third-order valence-corrected chi connectivity index (χ3v) is 5.49. The van der Waals surface area contributed by atoms with Crippen LogP contribution in [0.1, 0.15) is 51.9 Å². The predicted octanol–water partition coefficient (Wildman–Crippen LogP) is 2.93. The number of rotatable bonds is 6. The summed E-state index contributed by atoms with van der Waals surface area (Å²) >= 11 is 0. The first-order valence-corrected chi connectivity index (χ1v) is 9.45. The summed E-state index contributed by atoms with van der Waals surface area (Å²) in [7, 11) is 1.85. The van der Waals surface area contributed by atoms with E-state index in [1.165, 1.54) is 38.5 Å². The van der Waals surface area contributed by atoms with Gasteiger partial charge in [-0.25, -0.2) is 0 Å². The van der Waals surface area contributed by atoms with Gasteiger partial charge in [-0.15, -0.1) is 24.0 Å². The fourth-order valence-electron chi connectivity index (χ4n) is 4.01. The first kappa shape index (κ1) is 20.2. The van der Waals surface area contributed by atoms with Crippen molar-refractivity contribution in [2.24, 2.45) is 16.8 Å². The van der Waals surface area contributed by atoms with Crippen LogP contribution in [0, 0.1) is 11.8 Å². The van der Waals surface area contributed by atoms with Crippen LogP contribution in [-0.4, -0.2) is 51.0 Å². The van der Waals surface area contributed by atoms with Crippen LogP contribution in [-0.2, 0) is 9.47 Å². The van der Waals surface area contributed by atoms with Crippen LogP contribution in [0.5, 0.6) is 0 Å². The average molecular weight is 451 g/mol. The van der Waals surface area contributed by atoms with Crippen molar-refractivity contribution in [1.82, 2.24) is 10.6 Å². The van der Waals surface area contributed by atoms with E-state index in [0.29, 0.717) is 12.6 Å². The molecule has 3 fully saturated rings. The highest BCUT2D eigenvalue weighted by Crippen LogP contribution is 2.44. The van der Waals surface area contributed by atoms with Gasteiger partial charge in [0, 0.05) is 25.7 Å². The van der Waals surface area contributed by atoms with Crippen LogP contribution >= 0.6 is 24.0 Å². The van der Waals surface area contributed by atoms with Gasteiger partial charge in [0.25, 0.3) is 0 Å². The Balaban J connectivity index is 0.00000208. The van der Waals surface area contributed by atoms with Gasteiger partial charge in [0.2, 0.25) is 0 Å². The van der Waals surface area contributed by atoms with Crippen LogP contribution < -0.4 is 10.6 Å². The number of nitrogens with zero attached hydrogens (tertiary/aromatic N) is 1. The molecule has 2 aliphatic carbocycles. The van der Waals surface area contributed by atoms with Gasteiger partial charge in [-0.2, -0.15) is 0 Å². The second-order valence-corrected chi connectivity index (χ2v) is 7.49. The van der Waals surface area contributed by atoms with Gasteiger partial charge in [-0.05, 0) is 31.6 Å². The van der Waals surface area contributed by atoms with Gasteiger partial charge >= 0.3 is 0 Å². The van der Waals surface area contributed by atoms with Crippen LogP contribution in [0.2, 0.25) is 0 Å². The normalized spacial score (nSPS) is 32.1. The lowest BCUT2D eigenvalue weighted by Crippen LogP contribution is -2.45. The van der Waals surface area contributed by atoms with Gasteiger partial charge in [0.15, 0.2) is 5.96 Å². The maximum absolute atomic E-state index is 5.88. The molecule has 1 heterocycles. The predicted molar refractivity (Wildman–Crippen MR) is 108 cm³/mol. The summed E-state index contributed by atoms with van der Waals surface area (Å²) in [6.45, 7) is 4.42. The van der Waals surface area contributed by atoms with E-state index >= 15 is 0 Å². The van der Waals surface area contributed by atoms with Crippen LogP contribution in [0.3, 0.4) is 0 Å². The molecule has 1 aliphatic heterocycles. The number of halogens is 1. The largest absolute Gasteiger partial charge is 0.379 e. The Morgan fingerprint density at radius 1 is 1.25 bits per heavy atom. The van der Waals surface area contributed by atoms with E-state index < -0.39 is 0 Å². The van der Waals surface area contributed by atoms with Crippen molar-refractivity contribution < 1.29 is 9.47 Å². The molecule has 1 saturated heterocycles. The monoisotopic (exact) mass is 451 g/mol. The highest BCUT2D eigenvalue weighted by Gasteiger charge is 2.43. The van der Waals surface area contributed by atoms with E-state index in [-0.39, 0.29) is 36.1 Å². The number of aliphatic imine (C=N–C) groups is 1. The number of hydrogen-bond acceptors (Lipinski definition) is 3. The molecule has 0 radical (unpaired) electrons. The Kier molecular flexibility index (Phi) is 8.57. The smallest absolute Gasteiger partial charge is 0.191 e. The highest BCUT2D eigenvalue weighted by molar-refractivity contribution is 14.0. The molecule has 4 atom stereocenters. The fourth-order valence-corrected chi connectivity index (χ4v) is 4.01. The summed E-state index contributed by atoms with van der Waals surface area (Å²) in [5, 5.41) is 7.06. The van der Waals surface area contributed by atoms with Gasteiger partial charge in [-0.1, -0.05) is 32.1 Å². The molecular formula is C18H34IN3O2. The minimum Gasteiger partial charge on any atom is -0.379 e. The first-order chi connectivity index (χ1) is 11.3. The molecule has 0 aromatic rings. The van der Waals surface area contributed by atoms with E-state index in [2.05, 4.69) is 22.5 Å². The fraction of sp³-hybridized carbons (Fsp3) is 0.944. The van der Waals surface area contributed by atoms with Crippen molar-refractivity contribution in [2.75, 3.05) is 26.9 Å². The van der Waals surface area contributed by atoms with E-state index in [0.717, 1.165) is 37.4 Å². The molecule has 140 valence electrons. The molecule has 3 aliphatic rings. The van der Waals surface area contributed by atoms with Gasteiger partial charge in [0.05, 0.1) is 19.3 Å².